The summed E-state index contributed by atoms with van der Waals surface area (Å²) in [5.41, 5.74) is 4.42. The number of amides is 1. The van der Waals surface area contributed by atoms with Crippen LogP contribution in [0.15, 0.2) is 48.5 Å². The molecule has 3 rings (SSSR count). The Morgan fingerprint density at radius 1 is 0.931 bits per heavy atom. The van der Waals surface area contributed by atoms with E-state index >= 15 is 0 Å². The molecule has 0 atom stereocenters. The minimum Gasteiger partial charge on any atom is -0.456 e. The van der Waals surface area contributed by atoms with Gasteiger partial charge in [-0.05, 0) is 54.9 Å². The van der Waals surface area contributed by atoms with Crippen LogP contribution in [0.2, 0.25) is 0 Å². The summed E-state index contributed by atoms with van der Waals surface area (Å²) in [7, 11) is 0. The number of hydrogen-bond donors (Lipinski definition) is 1. The van der Waals surface area contributed by atoms with Gasteiger partial charge in [0.1, 0.15) is 0 Å². The second-order valence-electron chi connectivity index (χ2n) is 7.36. The lowest BCUT2D eigenvalue weighted by Gasteiger charge is -2.07. The van der Waals surface area contributed by atoms with Crippen molar-refractivity contribution >= 4 is 17.7 Å². The van der Waals surface area contributed by atoms with Crippen LogP contribution in [-0.2, 0) is 33.6 Å². The number of carbonyl (C=O) groups excluding carboxylic acids is 3. The largest absolute Gasteiger partial charge is 0.456 e. The van der Waals surface area contributed by atoms with E-state index < -0.39 is 5.97 Å². The average molecular weight is 393 g/mol. The van der Waals surface area contributed by atoms with E-state index in [1.165, 1.54) is 16.7 Å². The van der Waals surface area contributed by atoms with Crippen LogP contribution < -0.4 is 5.32 Å². The Morgan fingerprint density at radius 3 is 2.55 bits per heavy atom. The Labute approximate surface area is 171 Å². The van der Waals surface area contributed by atoms with Crippen molar-refractivity contribution in [3.8, 4) is 0 Å². The zero-order chi connectivity index (χ0) is 20.5. The quantitative estimate of drug-likeness (QED) is 0.381. The zero-order valence-corrected chi connectivity index (χ0v) is 16.6. The lowest BCUT2D eigenvalue weighted by molar-refractivity contribution is -0.148. The van der Waals surface area contributed by atoms with Crippen molar-refractivity contribution in [2.24, 2.45) is 0 Å². The van der Waals surface area contributed by atoms with Crippen molar-refractivity contribution < 1.29 is 19.1 Å². The molecule has 0 saturated heterocycles. The summed E-state index contributed by atoms with van der Waals surface area (Å²) in [6.07, 6.45) is 5.00. The van der Waals surface area contributed by atoms with Crippen molar-refractivity contribution in [1.29, 1.82) is 0 Å². The van der Waals surface area contributed by atoms with Crippen LogP contribution in [0.4, 0.5) is 0 Å². The number of nitrogens with one attached hydrogen (secondary N) is 1. The number of fused-ring (bicyclic) bond motifs is 1. The van der Waals surface area contributed by atoms with Crippen LogP contribution >= 0.6 is 0 Å². The summed E-state index contributed by atoms with van der Waals surface area (Å²) in [6.45, 7) is 0.222. The SMILES string of the molecule is O=C(COC(=O)CCC(=O)c1ccc2c(c1)CCC2)NCCCc1ccccc1. The Hall–Kier alpha value is -2.95. The fourth-order valence-corrected chi connectivity index (χ4v) is 3.54. The van der Waals surface area contributed by atoms with Crippen molar-refractivity contribution in [3.63, 3.8) is 0 Å². The molecule has 2 aromatic carbocycles. The van der Waals surface area contributed by atoms with Gasteiger partial charge in [-0.15, -0.1) is 0 Å². The number of ketones is 1. The molecule has 1 amide bonds. The molecule has 0 unspecified atom stereocenters. The Morgan fingerprint density at radius 2 is 1.72 bits per heavy atom. The van der Waals surface area contributed by atoms with Crippen molar-refractivity contribution in [2.75, 3.05) is 13.2 Å². The smallest absolute Gasteiger partial charge is 0.306 e. The minimum atomic E-state index is -0.529. The molecule has 1 N–H and O–H groups in total. The number of esters is 1. The third kappa shape index (κ3) is 6.56. The van der Waals surface area contributed by atoms with Gasteiger partial charge in [-0.3, -0.25) is 14.4 Å². The third-order valence-electron chi connectivity index (χ3n) is 5.15. The molecular formula is C24H27NO4. The van der Waals surface area contributed by atoms with Gasteiger partial charge in [0.2, 0.25) is 0 Å². The lowest BCUT2D eigenvalue weighted by atomic mass is 10.0. The number of ether oxygens (including phenoxy) is 1. The van der Waals surface area contributed by atoms with E-state index in [-0.39, 0.29) is 31.1 Å². The van der Waals surface area contributed by atoms with Crippen molar-refractivity contribution in [3.05, 3.63) is 70.8 Å². The fraction of sp³-hybridized carbons (Fsp3) is 0.375. The molecular weight excluding hydrogens is 366 g/mol. The average Bonchev–Trinajstić information content (AvgIpc) is 3.22. The van der Waals surface area contributed by atoms with Crippen LogP contribution in [0.25, 0.3) is 0 Å². The molecule has 5 heteroatoms. The van der Waals surface area contributed by atoms with Gasteiger partial charge >= 0.3 is 5.97 Å². The maximum Gasteiger partial charge on any atom is 0.306 e. The zero-order valence-electron chi connectivity index (χ0n) is 16.6. The molecule has 0 aliphatic heterocycles. The summed E-state index contributed by atoms with van der Waals surface area (Å²) < 4.78 is 4.98. The Kier molecular flexibility index (Phi) is 7.56. The van der Waals surface area contributed by atoms with E-state index in [1.807, 2.05) is 48.5 Å². The van der Waals surface area contributed by atoms with Gasteiger partial charge in [-0.25, -0.2) is 0 Å². The monoisotopic (exact) mass is 393 g/mol. The molecule has 0 fully saturated rings. The number of aryl methyl sites for hydroxylation is 3. The van der Waals surface area contributed by atoms with Gasteiger partial charge in [0.05, 0.1) is 6.42 Å². The van der Waals surface area contributed by atoms with Gasteiger partial charge in [-0.2, -0.15) is 0 Å². The van der Waals surface area contributed by atoms with Crippen molar-refractivity contribution in [2.45, 2.75) is 44.9 Å². The predicted molar refractivity (Wildman–Crippen MR) is 111 cm³/mol. The standard InChI is InChI=1S/C24H27NO4/c26-22(21-12-11-19-9-4-10-20(19)16-21)13-14-24(28)29-17-23(27)25-15-5-8-18-6-2-1-3-7-18/h1-3,6-7,11-12,16H,4-5,8-10,13-15,17H2,(H,25,27). The molecule has 0 bridgehead atoms. The first kappa shape index (κ1) is 20.8. The number of rotatable bonds is 10. The molecule has 0 heterocycles. The molecule has 2 aromatic rings. The molecule has 0 radical (unpaired) electrons. The molecule has 1 aliphatic rings. The van der Waals surface area contributed by atoms with E-state index in [2.05, 4.69) is 5.32 Å². The third-order valence-corrected chi connectivity index (χ3v) is 5.15. The molecule has 0 spiro atoms. The first-order chi connectivity index (χ1) is 14.1. The minimum absolute atomic E-state index is 0.0167. The van der Waals surface area contributed by atoms with E-state index in [4.69, 9.17) is 4.74 Å². The van der Waals surface area contributed by atoms with Crippen LogP contribution in [0.5, 0.6) is 0 Å². The highest BCUT2D eigenvalue weighted by Gasteiger charge is 2.15. The predicted octanol–water partition coefficient (Wildman–Crippen LogP) is 3.43. The summed E-state index contributed by atoms with van der Waals surface area (Å²) in [4.78, 5) is 35.9. The van der Waals surface area contributed by atoms with E-state index in [0.29, 0.717) is 12.1 Å². The molecule has 0 saturated carbocycles. The molecule has 152 valence electrons. The number of carbonyl (C=O) groups is 3. The Balaban J connectivity index is 1.29. The molecule has 5 nitrogen and oxygen atoms in total. The highest BCUT2D eigenvalue weighted by molar-refractivity contribution is 5.97. The van der Waals surface area contributed by atoms with Gasteiger partial charge < -0.3 is 10.1 Å². The second kappa shape index (κ2) is 10.6. The second-order valence-corrected chi connectivity index (χ2v) is 7.36. The van der Waals surface area contributed by atoms with E-state index in [0.717, 1.165) is 32.1 Å². The van der Waals surface area contributed by atoms with Gasteiger partial charge in [0.15, 0.2) is 12.4 Å². The lowest BCUT2D eigenvalue weighted by Crippen LogP contribution is -2.29. The summed E-state index contributed by atoms with van der Waals surface area (Å²) in [5.74, 6) is -0.919. The normalized spacial score (nSPS) is 12.3. The van der Waals surface area contributed by atoms with Crippen LogP contribution in [-0.4, -0.2) is 30.8 Å². The topological polar surface area (TPSA) is 72.5 Å². The number of benzene rings is 2. The first-order valence-electron chi connectivity index (χ1n) is 10.2. The molecule has 1 aliphatic carbocycles. The maximum absolute atomic E-state index is 12.3. The van der Waals surface area contributed by atoms with Gasteiger partial charge in [-0.1, -0.05) is 42.5 Å². The fourth-order valence-electron chi connectivity index (χ4n) is 3.54. The summed E-state index contributed by atoms with van der Waals surface area (Å²) >= 11 is 0. The van der Waals surface area contributed by atoms with Gasteiger partial charge in [0.25, 0.3) is 5.91 Å². The first-order valence-corrected chi connectivity index (χ1v) is 10.2. The summed E-state index contributed by atoms with van der Waals surface area (Å²) in [5, 5.41) is 2.74. The Bertz CT molecular complexity index is 860. The van der Waals surface area contributed by atoms with Crippen LogP contribution in [0.1, 0.15) is 52.7 Å². The number of Topliss-reactive ketones (excluding diaryl/α,β-unsaturated/α-hetero) is 1. The van der Waals surface area contributed by atoms with E-state index in [9.17, 15) is 14.4 Å². The number of hydrogen-bond acceptors (Lipinski definition) is 4. The molecule has 29 heavy (non-hydrogen) atoms. The highest BCUT2D eigenvalue weighted by Crippen LogP contribution is 2.23. The van der Waals surface area contributed by atoms with E-state index in [1.54, 1.807) is 0 Å². The van der Waals surface area contributed by atoms with Crippen molar-refractivity contribution in [1.82, 2.24) is 5.32 Å². The van der Waals surface area contributed by atoms with Crippen LogP contribution in [0.3, 0.4) is 0 Å². The summed E-state index contributed by atoms with van der Waals surface area (Å²) in [6, 6.07) is 15.8. The van der Waals surface area contributed by atoms with Crippen LogP contribution in [0, 0.1) is 0 Å². The van der Waals surface area contributed by atoms with Gasteiger partial charge in [0, 0.05) is 18.5 Å². The molecule has 0 aromatic heterocycles. The highest BCUT2D eigenvalue weighted by atomic mass is 16.5. The maximum atomic E-state index is 12.3.